The molecule has 0 amide bonds. The number of nitrogens with zero attached hydrogens (tertiary/aromatic N) is 1. The third kappa shape index (κ3) is 1.52. The maximum Gasteiger partial charge on any atom is 0.337 e. The molecule has 1 aromatic heterocycles. The number of carbonyl (C=O) groups is 1. The van der Waals surface area contributed by atoms with Crippen molar-refractivity contribution in [2.75, 3.05) is 0 Å². The van der Waals surface area contributed by atoms with Gasteiger partial charge in [0.15, 0.2) is 0 Å². The minimum absolute atomic E-state index is 0.104. The van der Waals surface area contributed by atoms with Crippen molar-refractivity contribution in [2.24, 2.45) is 7.05 Å². The van der Waals surface area contributed by atoms with Crippen LogP contribution in [0.1, 0.15) is 10.4 Å². The third-order valence-corrected chi connectivity index (χ3v) is 2.68. The molecule has 0 saturated carbocycles. The molecule has 0 unspecified atom stereocenters. The van der Waals surface area contributed by atoms with E-state index in [9.17, 15) is 9.18 Å². The van der Waals surface area contributed by atoms with Gasteiger partial charge in [0, 0.05) is 23.1 Å². The maximum absolute atomic E-state index is 13.5. The highest BCUT2D eigenvalue weighted by atomic mass is 79.9. The van der Waals surface area contributed by atoms with Crippen molar-refractivity contribution < 1.29 is 14.3 Å². The summed E-state index contributed by atoms with van der Waals surface area (Å²) < 4.78 is 15.5. The normalized spacial score (nSPS) is 10.9. The van der Waals surface area contributed by atoms with Gasteiger partial charge in [-0.05, 0) is 12.1 Å². The smallest absolute Gasteiger partial charge is 0.337 e. The quantitative estimate of drug-likeness (QED) is 0.867. The molecular weight excluding hydrogens is 265 g/mol. The molecule has 15 heavy (non-hydrogen) atoms. The van der Waals surface area contributed by atoms with Crippen molar-refractivity contribution in [3.8, 4) is 0 Å². The Labute approximate surface area is 93.3 Å². The molecule has 1 aromatic carbocycles. The second-order valence-electron chi connectivity index (χ2n) is 3.24. The molecule has 0 fully saturated rings. The first-order chi connectivity index (χ1) is 7.00. The molecule has 5 heteroatoms. The summed E-state index contributed by atoms with van der Waals surface area (Å²) in [5.41, 5.74) is 0.406. The topological polar surface area (TPSA) is 42.2 Å². The zero-order valence-corrected chi connectivity index (χ0v) is 9.38. The van der Waals surface area contributed by atoms with Gasteiger partial charge < -0.3 is 9.67 Å². The fourth-order valence-corrected chi connectivity index (χ4v) is 2.06. The van der Waals surface area contributed by atoms with Crippen molar-refractivity contribution in [3.05, 3.63) is 34.2 Å². The van der Waals surface area contributed by atoms with Crippen LogP contribution in [-0.2, 0) is 7.05 Å². The molecule has 0 saturated heterocycles. The standard InChI is InChI=1S/C10H7BrFNO2/c1-13-4-7(10(14)15)6-2-5(11)3-8(12)9(6)13/h2-4H,1H3,(H,14,15). The van der Waals surface area contributed by atoms with Crippen LogP contribution >= 0.6 is 15.9 Å². The Morgan fingerprint density at radius 3 is 2.80 bits per heavy atom. The van der Waals surface area contributed by atoms with Crippen LogP contribution in [-0.4, -0.2) is 15.6 Å². The van der Waals surface area contributed by atoms with Gasteiger partial charge in [-0.25, -0.2) is 9.18 Å². The number of halogens is 2. The largest absolute Gasteiger partial charge is 0.478 e. The summed E-state index contributed by atoms with van der Waals surface area (Å²) in [6.07, 6.45) is 1.41. The Morgan fingerprint density at radius 2 is 2.20 bits per heavy atom. The van der Waals surface area contributed by atoms with Crippen molar-refractivity contribution in [2.45, 2.75) is 0 Å². The van der Waals surface area contributed by atoms with E-state index >= 15 is 0 Å². The van der Waals surface area contributed by atoms with Gasteiger partial charge in [0.1, 0.15) is 5.82 Å². The highest BCUT2D eigenvalue weighted by Crippen LogP contribution is 2.27. The SMILES string of the molecule is Cn1cc(C(=O)O)c2cc(Br)cc(F)c21. The Hall–Kier alpha value is -1.36. The molecule has 2 aromatic rings. The molecule has 0 aliphatic rings. The van der Waals surface area contributed by atoms with E-state index in [1.54, 1.807) is 13.1 Å². The number of fused-ring (bicyclic) bond motifs is 1. The molecule has 0 spiro atoms. The van der Waals surface area contributed by atoms with E-state index in [0.29, 0.717) is 15.4 Å². The summed E-state index contributed by atoms with van der Waals surface area (Å²) in [7, 11) is 1.62. The van der Waals surface area contributed by atoms with Crippen LogP contribution in [0.3, 0.4) is 0 Å². The highest BCUT2D eigenvalue weighted by Gasteiger charge is 2.16. The minimum atomic E-state index is -1.06. The van der Waals surface area contributed by atoms with Gasteiger partial charge in [-0.1, -0.05) is 15.9 Å². The van der Waals surface area contributed by atoms with E-state index in [1.807, 2.05) is 0 Å². The van der Waals surface area contributed by atoms with E-state index in [0.717, 1.165) is 0 Å². The Kier molecular flexibility index (Phi) is 2.26. The summed E-state index contributed by atoms with van der Waals surface area (Å²) in [6, 6.07) is 2.91. The fraction of sp³-hybridized carbons (Fsp3) is 0.100. The van der Waals surface area contributed by atoms with Gasteiger partial charge in [-0.2, -0.15) is 0 Å². The lowest BCUT2D eigenvalue weighted by molar-refractivity contribution is 0.0699. The number of hydrogen-bond acceptors (Lipinski definition) is 1. The third-order valence-electron chi connectivity index (χ3n) is 2.22. The Bertz CT molecular complexity index is 562. The number of carboxylic acids is 1. The summed E-state index contributed by atoms with van der Waals surface area (Å²) in [6.45, 7) is 0. The molecule has 3 nitrogen and oxygen atoms in total. The molecular formula is C10H7BrFNO2. The Morgan fingerprint density at radius 1 is 1.53 bits per heavy atom. The molecule has 78 valence electrons. The van der Waals surface area contributed by atoms with Crippen molar-refractivity contribution in [3.63, 3.8) is 0 Å². The van der Waals surface area contributed by atoms with Gasteiger partial charge in [0.2, 0.25) is 0 Å². The van der Waals surface area contributed by atoms with E-state index in [1.165, 1.54) is 16.8 Å². The molecule has 1 N–H and O–H groups in total. The first-order valence-corrected chi connectivity index (χ1v) is 4.97. The van der Waals surface area contributed by atoms with E-state index in [4.69, 9.17) is 5.11 Å². The fourth-order valence-electron chi connectivity index (χ4n) is 1.63. The molecule has 0 radical (unpaired) electrons. The van der Waals surface area contributed by atoms with Crippen LogP contribution in [0.2, 0.25) is 0 Å². The van der Waals surface area contributed by atoms with Gasteiger partial charge in [-0.15, -0.1) is 0 Å². The van der Waals surface area contributed by atoms with E-state index in [-0.39, 0.29) is 5.56 Å². The summed E-state index contributed by atoms with van der Waals surface area (Å²) in [5, 5.41) is 9.33. The van der Waals surface area contributed by atoms with E-state index in [2.05, 4.69) is 15.9 Å². The monoisotopic (exact) mass is 271 g/mol. The van der Waals surface area contributed by atoms with Gasteiger partial charge >= 0.3 is 5.97 Å². The number of rotatable bonds is 1. The van der Waals surface area contributed by atoms with Crippen LogP contribution in [0.4, 0.5) is 4.39 Å². The Balaban J connectivity index is 2.93. The number of aromatic carboxylic acids is 1. The predicted octanol–water partition coefficient (Wildman–Crippen LogP) is 2.78. The van der Waals surface area contributed by atoms with Crippen LogP contribution in [0.15, 0.2) is 22.8 Å². The maximum atomic E-state index is 13.5. The second-order valence-corrected chi connectivity index (χ2v) is 4.16. The van der Waals surface area contributed by atoms with Crippen molar-refractivity contribution >= 4 is 32.8 Å². The van der Waals surface area contributed by atoms with Crippen LogP contribution in [0.5, 0.6) is 0 Å². The number of aryl methyl sites for hydroxylation is 1. The lowest BCUT2D eigenvalue weighted by Gasteiger charge is -1.98. The zero-order chi connectivity index (χ0) is 11.2. The van der Waals surface area contributed by atoms with Crippen molar-refractivity contribution in [1.29, 1.82) is 0 Å². The predicted molar refractivity (Wildman–Crippen MR) is 57.5 cm³/mol. The summed E-state index contributed by atoms with van der Waals surface area (Å²) >= 11 is 3.13. The second kappa shape index (κ2) is 3.34. The molecule has 2 rings (SSSR count). The summed E-state index contributed by atoms with van der Waals surface area (Å²) in [4.78, 5) is 10.9. The van der Waals surface area contributed by atoms with Crippen molar-refractivity contribution in [1.82, 2.24) is 4.57 Å². The molecule has 1 heterocycles. The minimum Gasteiger partial charge on any atom is -0.478 e. The van der Waals surface area contributed by atoms with E-state index < -0.39 is 11.8 Å². The lowest BCUT2D eigenvalue weighted by atomic mass is 10.2. The number of carboxylic acid groups (broad SMARTS) is 1. The van der Waals surface area contributed by atoms with Crippen LogP contribution < -0.4 is 0 Å². The molecule has 0 aliphatic heterocycles. The first kappa shape index (κ1) is 10.2. The first-order valence-electron chi connectivity index (χ1n) is 4.18. The lowest BCUT2D eigenvalue weighted by Crippen LogP contribution is -1.93. The van der Waals surface area contributed by atoms with Gasteiger partial charge in [0.05, 0.1) is 11.1 Å². The van der Waals surface area contributed by atoms with Gasteiger partial charge in [0.25, 0.3) is 0 Å². The number of benzene rings is 1. The summed E-state index contributed by atoms with van der Waals surface area (Å²) in [5.74, 6) is -1.49. The van der Waals surface area contributed by atoms with Crippen LogP contribution in [0, 0.1) is 5.82 Å². The zero-order valence-electron chi connectivity index (χ0n) is 7.79. The molecule has 0 bridgehead atoms. The number of hydrogen-bond donors (Lipinski definition) is 1. The molecule has 0 atom stereocenters. The van der Waals surface area contributed by atoms with Crippen LogP contribution in [0.25, 0.3) is 10.9 Å². The average molecular weight is 272 g/mol. The molecule has 0 aliphatic carbocycles. The highest BCUT2D eigenvalue weighted by molar-refractivity contribution is 9.10. The average Bonchev–Trinajstić information content (AvgIpc) is 2.42. The van der Waals surface area contributed by atoms with Gasteiger partial charge in [-0.3, -0.25) is 0 Å². The number of aromatic nitrogens is 1.